The third kappa shape index (κ3) is 3.44. The molecule has 1 aliphatic heterocycles. The molecular formula is C26H29ClN2O6. The largest absolute Gasteiger partial charge is 0.481 e. The normalized spacial score (nSPS) is 31.2. The summed E-state index contributed by atoms with van der Waals surface area (Å²) in [6.07, 6.45) is 2.11. The standard InChI is InChI=1S/C26H29ClN2O6/c1-13-19(17-12-34-22(16(17)11-28-13)14-5-7-15(27)8-6-14)21(24(30)31)20-18-9-10-26(4,25(18,2)3)23(20)35-29(32)33/h5-8,11,18,20-23H,9-10,12H2,1-4H3,(H,30,31). The van der Waals surface area contributed by atoms with Crippen molar-refractivity contribution >= 4 is 17.6 Å². The van der Waals surface area contributed by atoms with Crippen molar-refractivity contribution in [3.63, 3.8) is 0 Å². The number of hydrogen-bond acceptors (Lipinski definition) is 6. The zero-order valence-electron chi connectivity index (χ0n) is 20.2. The molecule has 8 nitrogen and oxygen atoms in total. The van der Waals surface area contributed by atoms with Crippen molar-refractivity contribution in [3.05, 3.63) is 73.5 Å². The van der Waals surface area contributed by atoms with Crippen LogP contribution in [0.5, 0.6) is 0 Å². The summed E-state index contributed by atoms with van der Waals surface area (Å²) >= 11 is 6.05. The van der Waals surface area contributed by atoms with Crippen LogP contribution in [0, 0.1) is 39.7 Å². The van der Waals surface area contributed by atoms with Crippen LogP contribution < -0.4 is 0 Å². The smallest absolute Gasteiger partial charge is 0.311 e. The number of aromatic nitrogens is 1. The van der Waals surface area contributed by atoms with Gasteiger partial charge in [0.2, 0.25) is 0 Å². The molecular weight excluding hydrogens is 472 g/mol. The minimum absolute atomic E-state index is 0.0387. The lowest BCUT2D eigenvalue weighted by molar-refractivity contribution is -0.774. The van der Waals surface area contributed by atoms with Gasteiger partial charge < -0.3 is 14.7 Å². The number of nitrogens with zero attached hydrogens (tertiary/aromatic N) is 2. The average molecular weight is 501 g/mol. The first-order valence-electron chi connectivity index (χ1n) is 11.9. The zero-order chi connectivity index (χ0) is 25.3. The topological polar surface area (TPSA) is 112 Å². The molecule has 0 saturated heterocycles. The number of hydrogen-bond donors (Lipinski definition) is 1. The molecule has 2 aliphatic carbocycles. The predicted molar refractivity (Wildman–Crippen MR) is 127 cm³/mol. The molecule has 0 spiro atoms. The average Bonchev–Trinajstić information content (AvgIpc) is 3.35. The zero-order valence-corrected chi connectivity index (χ0v) is 20.9. The minimum atomic E-state index is -1.02. The van der Waals surface area contributed by atoms with E-state index >= 15 is 0 Å². The second-order valence-corrected chi connectivity index (χ2v) is 11.3. The summed E-state index contributed by atoms with van der Waals surface area (Å²) in [5.74, 6) is -2.62. The van der Waals surface area contributed by atoms with Crippen LogP contribution in [-0.4, -0.2) is 27.3 Å². The lowest BCUT2D eigenvalue weighted by Crippen LogP contribution is -2.44. The van der Waals surface area contributed by atoms with Gasteiger partial charge in [-0.15, -0.1) is 10.1 Å². The van der Waals surface area contributed by atoms with E-state index in [9.17, 15) is 20.0 Å². The van der Waals surface area contributed by atoms with Crippen molar-refractivity contribution in [2.75, 3.05) is 0 Å². The number of aliphatic carboxylic acids is 1. The highest BCUT2D eigenvalue weighted by molar-refractivity contribution is 6.30. The second-order valence-electron chi connectivity index (χ2n) is 10.9. The predicted octanol–water partition coefficient (Wildman–Crippen LogP) is 5.48. The Bertz CT molecular complexity index is 1200. The van der Waals surface area contributed by atoms with E-state index in [1.807, 2.05) is 19.1 Å². The van der Waals surface area contributed by atoms with Crippen molar-refractivity contribution < 1.29 is 24.6 Å². The molecule has 3 aliphatic rings. The fourth-order valence-corrected chi connectivity index (χ4v) is 7.33. The number of halogens is 1. The number of carboxylic acid groups (broad SMARTS) is 1. The van der Waals surface area contributed by atoms with Gasteiger partial charge in [-0.05, 0) is 65.3 Å². The first-order valence-corrected chi connectivity index (χ1v) is 12.2. The van der Waals surface area contributed by atoms with Gasteiger partial charge in [0, 0.05) is 28.4 Å². The van der Waals surface area contributed by atoms with E-state index in [1.165, 1.54) is 0 Å². The van der Waals surface area contributed by atoms with Crippen molar-refractivity contribution in [2.45, 2.75) is 65.3 Å². The first kappa shape index (κ1) is 24.0. The molecule has 0 amide bonds. The summed E-state index contributed by atoms with van der Waals surface area (Å²) in [5, 5.41) is 22.0. The van der Waals surface area contributed by atoms with Crippen molar-refractivity contribution in [1.82, 2.24) is 4.98 Å². The van der Waals surface area contributed by atoms with Crippen LogP contribution in [0.3, 0.4) is 0 Å². The number of pyridine rings is 1. The fraction of sp³-hybridized carbons (Fsp3) is 0.538. The number of benzene rings is 1. The fourth-order valence-electron chi connectivity index (χ4n) is 7.20. The van der Waals surface area contributed by atoms with E-state index in [0.717, 1.165) is 29.5 Å². The van der Waals surface area contributed by atoms with Crippen molar-refractivity contribution in [2.24, 2.45) is 22.7 Å². The van der Waals surface area contributed by atoms with Gasteiger partial charge >= 0.3 is 5.97 Å². The SMILES string of the molecule is Cc1ncc2c(c1C(C(=O)O)C1C3CCC(C)(C1O[N+](=O)[O-])C3(C)C)COC2c1ccc(Cl)cc1. The van der Waals surface area contributed by atoms with E-state index in [-0.39, 0.29) is 24.0 Å². The molecule has 2 aromatic rings. The van der Waals surface area contributed by atoms with Crippen LogP contribution in [0.4, 0.5) is 0 Å². The van der Waals surface area contributed by atoms with E-state index in [1.54, 1.807) is 25.3 Å². The molecule has 1 aromatic carbocycles. The van der Waals surface area contributed by atoms with Crippen LogP contribution in [0.25, 0.3) is 0 Å². The Kier molecular flexibility index (Phi) is 5.60. The lowest BCUT2D eigenvalue weighted by atomic mass is 9.69. The van der Waals surface area contributed by atoms with E-state index < -0.39 is 34.4 Å². The summed E-state index contributed by atoms with van der Waals surface area (Å²) in [7, 11) is 0. The van der Waals surface area contributed by atoms with Gasteiger partial charge in [-0.2, -0.15) is 0 Å². The number of rotatable bonds is 6. The van der Waals surface area contributed by atoms with Crippen LogP contribution in [-0.2, 0) is 21.0 Å². The van der Waals surface area contributed by atoms with Crippen LogP contribution >= 0.6 is 11.6 Å². The molecule has 6 unspecified atom stereocenters. The van der Waals surface area contributed by atoms with Gasteiger partial charge in [0.25, 0.3) is 5.09 Å². The Hall–Kier alpha value is -2.71. The highest BCUT2D eigenvalue weighted by Gasteiger charge is 2.70. The highest BCUT2D eigenvalue weighted by atomic mass is 35.5. The molecule has 0 radical (unpaired) electrons. The maximum Gasteiger partial charge on any atom is 0.311 e. The maximum absolute atomic E-state index is 12.9. The Morgan fingerprint density at radius 1 is 1.31 bits per heavy atom. The summed E-state index contributed by atoms with van der Waals surface area (Å²) in [6, 6.07) is 7.35. The number of ether oxygens (including phenoxy) is 1. The number of fused-ring (bicyclic) bond motifs is 3. The number of aryl methyl sites for hydroxylation is 1. The molecule has 1 aromatic heterocycles. The van der Waals surface area contributed by atoms with Crippen LogP contribution in [0.2, 0.25) is 5.02 Å². The molecule has 1 N–H and O–H groups in total. The molecule has 2 saturated carbocycles. The molecule has 5 rings (SSSR count). The van der Waals surface area contributed by atoms with E-state index in [0.29, 0.717) is 16.3 Å². The molecule has 9 heteroatoms. The van der Waals surface area contributed by atoms with Gasteiger partial charge in [-0.1, -0.05) is 44.5 Å². The van der Waals surface area contributed by atoms with Gasteiger partial charge in [0.15, 0.2) is 0 Å². The van der Waals surface area contributed by atoms with E-state index in [4.69, 9.17) is 21.2 Å². The second kappa shape index (κ2) is 8.17. The molecule has 2 heterocycles. The van der Waals surface area contributed by atoms with Crippen molar-refractivity contribution in [3.8, 4) is 0 Å². The van der Waals surface area contributed by atoms with E-state index in [2.05, 4.69) is 18.8 Å². The van der Waals surface area contributed by atoms with Crippen molar-refractivity contribution in [1.29, 1.82) is 0 Å². The third-order valence-corrected chi connectivity index (χ3v) is 9.54. The van der Waals surface area contributed by atoms with Gasteiger partial charge in [0.05, 0.1) is 12.5 Å². The summed E-state index contributed by atoms with van der Waals surface area (Å²) in [5.41, 5.74) is 2.90. The molecule has 35 heavy (non-hydrogen) atoms. The Labute approximate surface area is 208 Å². The van der Waals surface area contributed by atoms with Crippen LogP contribution in [0.15, 0.2) is 30.5 Å². The summed E-state index contributed by atoms with van der Waals surface area (Å²) < 4.78 is 6.14. The lowest BCUT2D eigenvalue weighted by Gasteiger charge is -2.39. The molecule has 186 valence electrons. The Morgan fingerprint density at radius 2 is 2.00 bits per heavy atom. The quantitative estimate of drug-likeness (QED) is 0.412. The minimum Gasteiger partial charge on any atom is -0.481 e. The first-order chi connectivity index (χ1) is 16.5. The maximum atomic E-state index is 12.9. The molecule has 2 bridgehead atoms. The third-order valence-electron chi connectivity index (χ3n) is 9.29. The monoisotopic (exact) mass is 500 g/mol. The summed E-state index contributed by atoms with van der Waals surface area (Å²) in [4.78, 5) is 34.4. The van der Waals surface area contributed by atoms with Gasteiger partial charge in [-0.25, -0.2) is 0 Å². The highest BCUT2D eigenvalue weighted by Crippen LogP contribution is 2.71. The summed E-state index contributed by atoms with van der Waals surface area (Å²) in [6.45, 7) is 8.20. The number of carbonyl (C=O) groups is 1. The molecule has 6 atom stereocenters. The molecule has 2 fully saturated rings. The van der Waals surface area contributed by atoms with Crippen LogP contribution in [0.1, 0.15) is 73.6 Å². The van der Waals surface area contributed by atoms with Gasteiger partial charge in [-0.3, -0.25) is 9.78 Å². The Morgan fingerprint density at radius 3 is 2.63 bits per heavy atom. The Balaban J connectivity index is 1.64. The van der Waals surface area contributed by atoms with Gasteiger partial charge in [0.1, 0.15) is 12.2 Å². The number of carboxylic acids is 1.